The van der Waals surface area contributed by atoms with Crippen LogP contribution in [0.1, 0.15) is 45.4 Å². The van der Waals surface area contributed by atoms with E-state index < -0.39 is 5.91 Å². The Morgan fingerprint density at radius 3 is 2.57 bits per heavy atom. The summed E-state index contributed by atoms with van der Waals surface area (Å²) in [7, 11) is 0. The van der Waals surface area contributed by atoms with E-state index in [9.17, 15) is 9.59 Å². The Bertz CT molecular complexity index is 379. The fourth-order valence-electron chi connectivity index (χ4n) is 3.31. The van der Waals surface area contributed by atoms with Gasteiger partial charge < -0.3 is 15.0 Å². The molecule has 0 aromatic rings. The lowest BCUT2D eigenvalue weighted by atomic mass is 10.2. The van der Waals surface area contributed by atoms with Crippen molar-refractivity contribution in [3.63, 3.8) is 0 Å². The van der Waals surface area contributed by atoms with Crippen molar-refractivity contribution in [1.82, 2.24) is 15.1 Å². The Labute approximate surface area is 139 Å². The van der Waals surface area contributed by atoms with Gasteiger partial charge in [0.25, 0.3) is 0 Å². The van der Waals surface area contributed by atoms with Crippen molar-refractivity contribution in [3.8, 4) is 0 Å². The van der Waals surface area contributed by atoms with Crippen molar-refractivity contribution >= 4 is 11.8 Å². The van der Waals surface area contributed by atoms with Crippen molar-refractivity contribution in [2.75, 3.05) is 45.9 Å². The molecule has 2 fully saturated rings. The Kier molecular flexibility index (Phi) is 7.82. The van der Waals surface area contributed by atoms with Crippen molar-refractivity contribution in [3.05, 3.63) is 0 Å². The molecule has 2 saturated heterocycles. The monoisotopic (exact) mass is 325 g/mol. The maximum absolute atomic E-state index is 12.1. The molecule has 132 valence electrons. The van der Waals surface area contributed by atoms with E-state index in [1.54, 1.807) is 4.90 Å². The Balaban J connectivity index is 1.66. The second-order valence-electron chi connectivity index (χ2n) is 6.54. The van der Waals surface area contributed by atoms with E-state index in [0.29, 0.717) is 19.6 Å². The highest BCUT2D eigenvalue weighted by atomic mass is 16.5. The first-order chi connectivity index (χ1) is 11.2. The van der Waals surface area contributed by atoms with Crippen LogP contribution in [0.3, 0.4) is 0 Å². The van der Waals surface area contributed by atoms with Crippen LogP contribution < -0.4 is 5.32 Å². The molecule has 0 aliphatic carbocycles. The first-order valence-corrected chi connectivity index (χ1v) is 9.11. The number of carbonyl (C=O) groups is 2. The van der Waals surface area contributed by atoms with E-state index in [1.165, 1.54) is 0 Å². The average molecular weight is 325 g/mol. The molecule has 23 heavy (non-hydrogen) atoms. The van der Waals surface area contributed by atoms with Gasteiger partial charge in [0.05, 0.1) is 12.7 Å². The van der Waals surface area contributed by atoms with Gasteiger partial charge in [-0.3, -0.25) is 14.5 Å². The van der Waals surface area contributed by atoms with E-state index in [4.69, 9.17) is 4.74 Å². The molecule has 0 saturated carbocycles. The number of nitrogens with one attached hydrogen (secondary N) is 1. The van der Waals surface area contributed by atoms with Crippen LogP contribution in [-0.4, -0.2) is 73.6 Å². The van der Waals surface area contributed by atoms with Gasteiger partial charge in [0.1, 0.15) is 0 Å². The van der Waals surface area contributed by atoms with Crippen LogP contribution in [0.4, 0.5) is 0 Å². The first kappa shape index (κ1) is 18.2. The number of rotatable bonds is 5. The van der Waals surface area contributed by atoms with Crippen LogP contribution in [0.25, 0.3) is 0 Å². The maximum Gasteiger partial charge on any atom is 0.311 e. The molecule has 2 rings (SSSR count). The van der Waals surface area contributed by atoms with Gasteiger partial charge in [-0.2, -0.15) is 0 Å². The maximum atomic E-state index is 12.1. The van der Waals surface area contributed by atoms with Crippen LogP contribution in [0.2, 0.25) is 0 Å². The lowest BCUT2D eigenvalue weighted by Crippen LogP contribution is -2.46. The molecule has 2 heterocycles. The Morgan fingerprint density at radius 1 is 1.13 bits per heavy atom. The number of amides is 2. The summed E-state index contributed by atoms with van der Waals surface area (Å²) in [6, 6.07) is 0. The van der Waals surface area contributed by atoms with Gasteiger partial charge in [-0.1, -0.05) is 19.8 Å². The quantitative estimate of drug-likeness (QED) is 0.766. The highest BCUT2D eigenvalue weighted by Crippen LogP contribution is 2.10. The molecule has 2 amide bonds. The summed E-state index contributed by atoms with van der Waals surface area (Å²) in [5.74, 6) is -0.836. The van der Waals surface area contributed by atoms with E-state index in [0.717, 1.165) is 64.8 Å². The third-order valence-corrected chi connectivity index (χ3v) is 4.60. The van der Waals surface area contributed by atoms with Gasteiger partial charge in [-0.25, -0.2) is 0 Å². The third-order valence-electron chi connectivity index (χ3n) is 4.60. The molecule has 2 aliphatic heterocycles. The normalized spacial score (nSPS) is 23.3. The van der Waals surface area contributed by atoms with Crippen molar-refractivity contribution in [2.24, 2.45) is 0 Å². The summed E-state index contributed by atoms with van der Waals surface area (Å²) >= 11 is 0. The molecule has 0 radical (unpaired) electrons. The van der Waals surface area contributed by atoms with Crippen molar-refractivity contribution in [1.29, 1.82) is 0 Å². The molecule has 0 aromatic carbocycles. The molecule has 0 bridgehead atoms. The van der Waals surface area contributed by atoms with Crippen molar-refractivity contribution in [2.45, 2.75) is 51.6 Å². The minimum atomic E-state index is -0.465. The second-order valence-corrected chi connectivity index (χ2v) is 6.54. The fourth-order valence-corrected chi connectivity index (χ4v) is 3.31. The zero-order chi connectivity index (χ0) is 16.5. The molecular weight excluding hydrogens is 294 g/mol. The van der Waals surface area contributed by atoms with Gasteiger partial charge in [0.15, 0.2) is 0 Å². The number of morpholine rings is 1. The van der Waals surface area contributed by atoms with Gasteiger partial charge in [-0.15, -0.1) is 0 Å². The minimum absolute atomic E-state index is 0.156. The third kappa shape index (κ3) is 6.11. The van der Waals surface area contributed by atoms with Gasteiger partial charge in [0, 0.05) is 32.7 Å². The number of carbonyl (C=O) groups excluding carboxylic acids is 2. The van der Waals surface area contributed by atoms with Gasteiger partial charge in [0.2, 0.25) is 0 Å². The molecule has 0 spiro atoms. The number of likely N-dealkylation sites (tertiary alicyclic amines) is 1. The predicted octanol–water partition coefficient (Wildman–Crippen LogP) is 1.01. The SMILES string of the molecule is CCCN1CCO[C@@H](CCNC(=O)C(=O)N2CCCCCC2)C1. The summed E-state index contributed by atoms with van der Waals surface area (Å²) < 4.78 is 5.74. The number of nitrogens with zero attached hydrogens (tertiary/aromatic N) is 2. The summed E-state index contributed by atoms with van der Waals surface area (Å²) in [4.78, 5) is 28.3. The van der Waals surface area contributed by atoms with Crippen molar-refractivity contribution < 1.29 is 14.3 Å². The Hall–Kier alpha value is -1.14. The van der Waals surface area contributed by atoms with E-state index >= 15 is 0 Å². The van der Waals surface area contributed by atoms with E-state index in [-0.39, 0.29) is 12.0 Å². The van der Waals surface area contributed by atoms with Gasteiger partial charge >= 0.3 is 11.8 Å². The summed E-state index contributed by atoms with van der Waals surface area (Å²) in [5.41, 5.74) is 0. The molecule has 1 atom stereocenters. The minimum Gasteiger partial charge on any atom is -0.375 e. The number of hydrogen-bond acceptors (Lipinski definition) is 4. The molecular formula is C17H31N3O3. The largest absolute Gasteiger partial charge is 0.375 e. The highest BCUT2D eigenvalue weighted by molar-refractivity contribution is 6.35. The van der Waals surface area contributed by atoms with E-state index in [1.807, 2.05) is 0 Å². The summed E-state index contributed by atoms with van der Waals surface area (Å²) in [6.45, 7) is 7.87. The number of ether oxygens (including phenoxy) is 1. The first-order valence-electron chi connectivity index (χ1n) is 9.11. The zero-order valence-electron chi connectivity index (χ0n) is 14.4. The lowest BCUT2D eigenvalue weighted by molar-refractivity contribution is -0.145. The standard InChI is InChI=1S/C17H31N3O3/c1-2-9-19-12-13-23-15(14-19)7-8-18-16(21)17(22)20-10-5-3-4-6-11-20/h15H,2-14H2,1H3,(H,18,21)/t15-/m0/s1. The van der Waals surface area contributed by atoms with Gasteiger partial charge in [-0.05, 0) is 32.2 Å². The van der Waals surface area contributed by atoms with Crippen LogP contribution in [-0.2, 0) is 14.3 Å². The lowest BCUT2D eigenvalue weighted by Gasteiger charge is -2.32. The highest BCUT2D eigenvalue weighted by Gasteiger charge is 2.23. The zero-order valence-corrected chi connectivity index (χ0v) is 14.4. The molecule has 0 aromatic heterocycles. The second kappa shape index (κ2) is 9.88. The molecule has 6 heteroatoms. The summed E-state index contributed by atoms with van der Waals surface area (Å²) in [5, 5.41) is 2.77. The molecule has 2 aliphatic rings. The van der Waals surface area contributed by atoms with Crippen LogP contribution >= 0.6 is 0 Å². The van der Waals surface area contributed by atoms with E-state index in [2.05, 4.69) is 17.1 Å². The smallest absolute Gasteiger partial charge is 0.311 e. The van der Waals surface area contributed by atoms with Crippen LogP contribution in [0, 0.1) is 0 Å². The van der Waals surface area contributed by atoms with Crippen LogP contribution in [0.15, 0.2) is 0 Å². The average Bonchev–Trinajstić information content (AvgIpc) is 2.84. The number of hydrogen-bond donors (Lipinski definition) is 1. The molecule has 6 nitrogen and oxygen atoms in total. The summed E-state index contributed by atoms with van der Waals surface area (Å²) in [6.07, 6.45) is 6.37. The topological polar surface area (TPSA) is 61.9 Å². The predicted molar refractivity (Wildman–Crippen MR) is 89.1 cm³/mol. The Morgan fingerprint density at radius 2 is 1.87 bits per heavy atom. The molecule has 0 unspecified atom stereocenters. The van der Waals surface area contributed by atoms with Crippen LogP contribution in [0.5, 0.6) is 0 Å². The fraction of sp³-hybridized carbons (Fsp3) is 0.882. The molecule has 1 N–H and O–H groups in total.